The highest BCUT2D eigenvalue weighted by Crippen LogP contribution is 2.25. The van der Waals surface area contributed by atoms with Gasteiger partial charge in [-0.15, -0.1) is 11.3 Å². The number of carboxylic acids is 1. The molecule has 1 saturated heterocycles. The molecule has 21 heavy (non-hydrogen) atoms. The van der Waals surface area contributed by atoms with Crippen molar-refractivity contribution >= 4 is 17.3 Å². The number of thiophene rings is 1. The molecule has 2 aromatic heterocycles. The highest BCUT2D eigenvalue weighted by molar-refractivity contribution is 7.13. The predicted molar refractivity (Wildman–Crippen MR) is 79.2 cm³/mol. The molecule has 0 amide bonds. The van der Waals surface area contributed by atoms with Crippen molar-refractivity contribution in [2.45, 2.75) is 6.54 Å². The topological polar surface area (TPSA) is 69.8 Å². The first-order chi connectivity index (χ1) is 10.2. The van der Waals surface area contributed by atoms with Crippen LogP contribution in [0.15, 0.2) is 28.1 Å². The van der Waals surface area contributed by atoms with E-state index in [-0.39, 0.29) is 6.54 Å². The fourth-order valence-electron chi connectivity index (χ4n) is 2.45. The molecule has 3 heterocycles. The minimum absolute atomic E-state index is 0.125. The summed E-state index contributed by atoms with van der Waals surface area (Å²) in [6, 6.07) is 5.99. The molecule has 0 bridgehead atoms. The van der Waals surface area contributed by atoms with Crippen LogP contribution in [0, 0.1) is 0 Å². The second kappa shape index (κ2) is 6.38. The molecule has 1 N–H and O–H groups in total. The lowest BCUT2D eigenvalue weighted by Crippen LogP contribution is -2.47. The van der Waals surface area contributed by atoms with Crippen molar-refractivity contribution in [2.75, 3.05) is 32.7 Å². The van der Waals surface area contributed by atoms with Crippen LogP contribution in [0.3, 0.4) is 0 Å². The molecule has 1 aliphatic heterocycles. The first kappa shape index (κ1) is 14.2. The van der Waals surface area contributed by atoms with E-state index in [1.54, 1.807) is 11.3 Å². The molecule has 0 saturated carbocycles. The van der Waals surface area contributed by atoms with E-state index in [9.17, 15) is 4.79 Å². The first-order valence-electron chi connectivity index (χ1n) is 6.87. The summed E-state index contributed by atoms with van der Waals surface area (Å²) in [5, 5.41) is 14.9. The lowest BCUT2D eigenvalue weighted by molar-refractivity contribution is -0.138. The lowest BCUT2D eigenvalue weighted by Gasteiger charge is -2.33. The summed E-state index contributed by atoms with van der Waals surface area (Å²) >= 11 is 1.63. The third kappa shape index (κ3) is 3.69. The van der Waals surface area contributed by atoms with E-state index in [1.165, 1.54) is 0 Å². The number of carbonyl (C=O) groups is 1. The highest BCUT2D eigenvalue weighted by atomic mass is 32.1. The molecule has 1 aliphatic rings. The van der Waals surface area contributed by atoms with Crippen LogP contribution in [0.1, 0.15) is 5.69 Å². The Morgan fingerprint density at radius 3 is 2.76 bits per heavy atom. The number of carboxylic acid groups (broad SMARTS) is 1. The predicted octanol–water partition coefficient (Wildman–Crippen LogP) is 1.61. The zero-order valence-electron chi connectivity index (χ0n) is 11.6. The van der Waals surface area contributed by atoms with Gasteiger partial charge in [-0.3, -0.25) is 14.6 Å². The Morgan fingerprint density at radius 2 is 2.10 bits per heavy atom. The number of hydrogen-bond donors (Lipinski definition) is 1. The van der Waals surface area contributed by atoms with Crippen molar-refractivity contribution in [3.63, 3.8) is 0 Å². The molecular formula is C14H17N3O3S. The van der Waals surface area contributed by atoms with Crippen LogP contribution >= 0.6 is 11.3 Å². The second-order valence-corrected chi connectivity index (χ2v) is 6.05. The fraction of sp³-hybridized carbons (Fsp3) is 0.429. The van der Waals surface area contributed by atoms with E-state index in [2.05, 4.69) is 10.1 Å². The maximum atomic E-state index is 10.7. The first-order valence-corrected chi connectivity index (χ1v) is 7.74. The monoisotopic (exact) mass is 307 g/mol. The van der Waals surface area contributed by atoms with Gasteiger partial charge < -0.3 is 9.63 Å². The average Bonchev–Trinajstić information content (AvgIpc) is 3.11. The zero-order valence-corrected chi connectivity index (χ0v) is 12.4. The molecule has 0 radical (unpaired) electrons. The summed E-state index contributed by atoms with van der Waals surface area (Å²) in [6.07, 6.45) is 0. The van der Waals surface area contributed by atoms with Crippen LogP contribution in [-0.2, 0) is 11.3 Å². The van der Waals surface area contributed by atoms with Crippen LogP contribution < -0.4 is 0 Å². The number of hydrogen-bond acceptors (Lipinski definition) is 6. The van der Waals surface area contributed by atoms with Crippen LogP contribution in [0.4, 0.5) is 0 Å². The summed E-state index contributed by atoms with van der Waals surface area (Å²) in [5.74, 6) is 0.0463. The van der Waals surface area contributed by atoms with E-state index in [0.717, 1.165) is 49.1 Å². The molecule has 0 aromatic carbocycles. The molecule has 3 rings (SSSR count). The molecular weight excluding hydrogens is 290 g/mol. The number of aliphatic carboxylic acids is 1. The Labute approximate surface area is 126 Å². The molecule has 6 nitrogen and oxygen atoms in total. The number of nitrogens with zero attached hydrogens (tertiary/aromatic N) is 3. The largest absolute Gasteiger partial charge is 0.480 e. The van der Waals surface area contributed by atoms with Gasteiger partial charge in [0.05, 0.1) is 17.1 Å². The van der Waals surface area contributed by atoms with Crippen LogP contribution in [-0.4, -0.2) is 58.8 Å². The van der Waals surface area contributed by atoms with Crippen molar-refractivity contribution in [1.82, 2.24) is 15.0 Å². The van der Waals surface area contributed by atoms with E-state index in [1.807, 2.05) is 28.5 Å². The van der Waals surface area contributed by atoms with Gasteiger partial charge in [-0.1, -0.05) is 11.2 Å². The minimum atomic E-state index is -0.763. The molecule has 0 spiro atoms. The normalized spacial score (nSPS) is 17.1. The Kier molecular flexibility index (Phi) is 4.33. The van der Waals surface area contributed by atoms with Gasteiger partial charge >= 0.3 is 5.97 Å². The van der Waals surface area contributed by atoms with Gasteiger partial charge in [0.15, 0.2) is 5.76 Å². The molecule has 2 aromatic rings. The SMILES string of the molecule is O=C(O)CN1CCN(Cc2cc(-c3cccs3)on2)CC1. The van der Waals surface area contributed by atoms with Gasteiger partial charge in [-0.2, -0.15) is 0 Å². The third-order valence-electron chi connectivity index (χ3n) is 3.53. The zero-order chi connectivity index (χ0) is 14.7. The van der Waals surface area contributed by atoms with Gasteiger partial charge in [0.2, 0.25) is 0 Å². The maximum Gasteiger partial charge on any atom is 0.317 e. The summed E-state index contributed by atoms with van der Waals surface area (Å²) in [4.78, 5) is 16.0. The molecule has 0 atom stereocenters. The Morgan fingerprint density at radius 1 is 1.33 bits per heavy atom. The van der Waals surface area contributed by atoms with Crippen LogP contribution in [0.5, 0.6) is 0 Å². The van der Waals surface area contributed by atoms with Gasteiger partial charge in [0.25, 0.3) is 0 Å². The average molecular weight is 307 g/mol. The Balaban J connectivity index is 1.53. The minimum Gasteiger partial charge on any atom is -0.480 e. The van der Waals surface area contributed by atoms with Crippen molar-refractivity contribution in [3.8, 4) is 10.6 Å². The van der Waals surface area contributed by atoms with Crippen molar-refractivity contribution in [2.24, 2.45) is 0 Å². The van der Waals surface area contributed by atoms with Gasteiger partial charge in [-0.05, 0) is 11.4 Å². The van der Waals surface area contributed by atoms with Crippen LogP contribution in [0.2, 0.25) is 0 Å². The van der Waals surface area contributed by atoms with Gasteiger partial charge in [0.1, 0.15) is 0 Å². The molecule has 7 heteroatoms. The van der Waals surface area contributed by atoms with E-state index in [0.29, 0.717) is 0 Å². The van der Waals surface area contributed by atoms with E-state index < -0.39 is 5.97 Å². The third-order valence-corrected chi connectivity index (χ3v) is 4.42. The molecule has 0 unspecified atom stereocenters. The number of piperazine rings is 1. The van der Waals surface area contributed by atoms with Crippen molar-refractivity contribution in [1.29, 1.82) is 0 Å². The summed E-state index contributed by atoms with van der Waals surface area (Å²) < 4.78 is 5.37. The summed E-state index contributed by atoms with van der Waals surface area (Å²) in [7, 11) is 0. The number of aromatic nitrogens is 1. The fourth-order valence-corrected chi connectivity index (χ4v) is 3.12. The number of rotatable bonds is 5. The quantitative estimate of drug-likeness (QED) is 0.905. The molecule has 0 aliphatic carbocycles. The van der Waals surface area contributed by atoms with E-state index >= 15 is 0 Å². The Bertz CT molecular complexity index is 588. The second-order valence-electron chi connectivity index (χ2n) is 5.11. The van der Waals surface area contributed by atoms with E-state index in [4.69, 9.17) is 9.63 Å². The smallest absolute Gasteiger partial charge is 0.317 e. The van der Waals surface area contributed by atoms with Crippen molar-refractivity contribution in [3.05, 3.63) is 29.3 Å². The molecule has 1 fully saturated rings. The maximum absolute atomic E-state index is 10.7. The van der Waals surface area contributed by atoms with Gasteiger partial charge in [0, 0.05) is 38.8 Å². The van der Waals surface area contributed by atoms with Crippen LogP contribution in [0.25, 0.3) is 10.6 Å². The standard InChI is InChI=1S/C14H17N3O3S/c18-14(19)10-17-5-3-16(4-6-17)9-11-8-12(20-15-11)13-2-1-7-21-13/h1-2,7-8H,3-6,9-10H2,(H,18,19). The van der Waals surface area contributed by atoms with Crippen molar-refractivity contribution < 1.29 is 14.4 Å². The summed E-state index contributed by atoms with van der Waals surface area (Å²) in [5.41, 5.74) is 0.921. The molecule has 112 valence electrons. The highest BCUT2D eigenvalue weighted by Gasteiger charge is 2.19. The summed E-state index contributed by atoms with van der Waals surface area (Å²) in [6.45, 7) is 4.14. The lowest BCUT2D eigenvalue weighted by atomic mass is 10.2. The Hall–Kier alpha value is -1.70. The van der Waals surface area contributed by atoms with Gasteiger partial charge in [-0.25, -0.2) is 0 Å².